The quantitative estimate of drug-likeness (QED) is 0.806. The molecule has 0 amide bonds. The summed E-state index contributed by atoms with van der Waals surface area (Å²) in [5.41, 5.74) is 1.35. The zero-order valence-corrected chi connectivity index (χ0v) is 10.9. The van der Waals surface area contributed by atoms with Gasteiger partial charge in [0.25, 0.3) is 0 Å². The van der Waals surface area contributed by atoms with E-state index in [1.807, 2.05) is 6.92 Å². The smallest absolute Gasteiger partial charge is 0.0741 e. The monoisotopic (exact) mass is 227 g/mol. The van der Waals surface area contributed by atoms with Gasteiger partial charge in [0, 0.05) is 11.5 Å². The third-order valence-corrected chi connectivity index (χ3v) is 3.31. The Labute approximate surface area is 96.7 Å². The number of hydrogen-bond acceptors (Lipinski definition) is 3. The average molecular weight is 227 g/mol. The molecule has 0 aliphatic carbocycles. The second-order valence-corrected chi connectivity index (χ2v) is 4.80. The molecule has 0 aromatic carbocycles. The molecule has 1 aromatic rings. The SMILES string of the molecule is CCNC(c1csc(C)c1)C(C)OCC. The normalized spacial score (nSPS) is 15.2. The number of hydrogen-bond donors (Lipinski definition) is 1. The summed E-state index contributed by atoms with van der Waals surface area (Å²) in [6, 6.07) is 2.56. The van der Waals surface area contributed by atoms with E-state index in [0.29, 0.717) is 6.04 Å². The highest BCUT2D eigenvalue weighted by Gasteiger charge is 2.19. The van der Waals surface area contributed by atoms with Gasteiger partial charge in [0.05, 0.1) is 12.1 Å². The summed E-state index contributed by atoms with van der Waals surface area (Å²) >= 11 is 1.80. The van der Waals surface area contributed by atoms with Gasteiger partial charge in [0.15, 0.2) is 0 Å². The van der Waals surface area contributed by atoms with Gasteiger partial charge in [-0.05, 0) is 44.3 Å². The van der Waals surface area contributed by atoms with Gasteiger partial charge in [-0.2, -0.15) is 0 Å². The van der Waals surface area contributed by atoms with E-state index >= 15 is 0 Å². The second-order valence-electron chi connectivity index (χ2n) is 3.69. The zero-order valence-electron chi connectivity index (χ0n) is 10.0. The van der Waals surface area contributed by atoms with Crippen LogP contribution >= 0.6 is 11.3 Å². The fourth-order valence-electron chi connectivity index (χ4n) is 1.76. The van der Waals surface area contributed by atoms with E-state index < -0.39 is 0 Å². The molecule has 1 rings (SSSR count). The Morgan fingerprint density at radius 3 is 2.67 bits per heavy atom. The van der Waals surface area contributed by atoms with Gasteiger partial charge < -0.3 is 10.1 Å². The third kappa shape index (κ3) is 3.59. The predicted molar refractivity (Wildman–Crippen MR) is 66.6 cm³/mol. The van der Waals surface area contributed by atoms with Crippen LogP contribution in [0.3, 0.4) is 0 Å². The summed E-state index contributed by atoms with van der Waals surface area (Å²) in [4.78, 5) is 1.36. The number of nitrogens with one attached hydrogen (secondary N) is 1. The molecule has 1 aromatic heterocycles. The molecule has 0 saturated carbocycles. The minimum Gasteiger partial charge on any atom is -0.377 e. The van der Waals surface area contributed by atoms with Crippen LogP contribution in [0.1, 0.15) is 37.3 Å². The molecule has 1 N–H and O–H groups in total. The minimum absolute atomic E-state index is 0.226. The van der Waals surface area contributed by atoms with Crippen molar-refractivity contribution in [3.05, 3.63) is 21.9 Å². The molecule has 15 heavy (non-hydrogen) atoms. The van der Waals surface area contributed by atoms with Crippen LogP contribution in [0.15, 0.2) is 11.4 Å². The third-order valence-electron chi connectivity index (χ3n) is 2.43. The van der Waals surface area contributed by atoms with Crippen LogP contribution in [0.2, 0.25) is 0 Å². The van der Waals surface area contributed by atoms with Gasteiger partial charge >= 0.3 is 0 Å². The summed E-state index contributed by atoms with van der Waals surface area (Å²) in [5.74, 6) is 0. The van der Waals surface area contributed by atoms with Crippen LogP contribution < -0.4 is 5.32 Å². The van der Waals surface area contributed by atoms with Crippen molar-refractivity contribution in [2.75, 3.05) is 13.2 Å². The van der Waals surface area contributed by atoms with E-state index in [4.69, 9.17) is 4.74 Å². The first-order valence-corrected chi connectivity index (χ1v) is 6.47. The summed E-state index contributed by atoms with van der Waals surface area (Å²) < 4.78 is 5.66. The van der Waals surface area contributed by atoms with Crippen molar-refractivity contribution in [3.63, 3.8) is 0 Å². The molecule has 0 fully saturated rings. The first-order chi connectivity index (χ1) is 7.19. The molecule has 1 heterocycles. The molecule has 0 spiro atoms. The van der Waals surface area contributed by atoms with Crippen LogP contribution in [0.5, 0.6) is 0 Å². The first-order valence-electron chi connectivity index (χ1n) is 5.59. The molecular weight excluding hydrogens is 206 g/mol. The Bertz CT molecular complexity index is 285. The van der Waals surface area contributed by atoms with Crippen molar-refractivity contribution in [1.82, 2.24) is 5.32 Å². The largest absolute Gasteiger partial charge is 0.377 e. The predicted octanol–water partition coefficient (Wildman–Crippen LogP) is 3.13. The van der Waals surface area contributed by atoms with Crippen molar-refractivity contribution in [1.29, 1.82) is 0 Å². The molecule has 0 bridgehead atoms. The lowest BCUT2D eigenvalue weighted by atomic mass is 10.1. The van der Waals surface area contributed by atoms with Crippen LogP contribution in [0, 0.1) is 6.92 Å². The number of aryl methyl sites for hydroxylation is 1. The van der Waals surface area contributed by atoms with Crippen LogP contribution in [-0.2, 0) is 4.74 Å². The van der Waals surface area contributed by atoms with E-state index in [9.17, 15) is 0 Å². The van der Waals surface area contributed by atoms with Crippen LogP contribution in [-0.4, -0.2) is 19.3 Å². The van der Waals surface area contributed by atoms with E-state index in [-0.39, 0.29) is 6.10 Å². The maximum atomic E-state index is 5.66. The van der Waals surface area contributed by atoms with E-state index in [1.165, 1.54) is 10.4 Å². The minimum atomic E-state index is 0.226. The molecule has 0 radical (unpaired) electrons. The molecule has 0 aliphatic rings. The van der Waals surface area contributed by atoms with Gasteiger partial charge in [0.2, 0.25) is 0 Å². The van der Waals surface area contributed by atoms with Crippen LogP contribution in [0.4, 0.5) is 0 Å². The van der Waals surface area contributed by atoms with Crippen molar-refractivity contribution in [3.8, 4) is 0 Å². The average Bonchev–Trinajstić information content (AvgIpc) is 2.61. The highest BCUT2D eigenvalue weighted by molar-refractivity contribution is 7.10. The Morgan fingerprint density at radius 1 is 1.47 bits per heavy atom. The maximum Gasteiger partial charge on any atom is 0.0741 e. The maximum absolute atomic E-state index is 5.66. The van der Waals surface area contributed by atoms with E-state index in [0.717, 1.165) is 13.2 Å². The molecule has 86 valence electrons. The molecule has 0 aliphatic heterocycles. The van der Waals surface area contributed by atoms with Crippen LogP contribution in [0.25, 0.3) is 0 Å². The first kappa shape index (κ1) is 12.7. The Balaban J connectivity index is 2.72. The number of ether oxygens (including phenoxy) is 1. The standard InChI is InChI=1S/C12H21NOS/c1-5-13-12(10(4)14-6-2)11-7-9(3)15-8-11/h7-8,10,12-13H,5-6H2,1-4H3. The second kappa shape index (κ2) is 6.26. The lowest BCUT2D eigenvalue weighted by molar-refractivity contribution is 0.0478. The Kier molecular flexibility index (Phi) is 5.29. The Hall–Kier alpha value is -0.380. The van der Waals surface area contributed by atoms with Gasteiger partial charge in [0.1, 0.15) is 0 Å². The van der Waals surface area contributed by atoms with Crippen molar-refractivity contribution >= 4 is 11.3 Å². The lowest BCUT2D eigenvalue weighted by Gasteiger charge is -2.24. The number of thiophene rings is 1. The summed E-state index contributed by atoms with van der Waals surface area (Å²) in [6.07, 6.45) is 0.226. The fraction of sp³-hybridized carbons (Fsp3) is 0.667. The summed E-state index contributed by atoms with van der Waals surface area (Å²) in [6.45, 7) is 10.2. The Morgan fingerprint density at radius 2 is 2.20 bits per heavy atom. The number of rotatable bonds is 6. The van der Waals surface area contributed by atoms with Gasteiger partial charge in [-0.15, -0.1) is 11.3 Å². The molecule has 0 saturated heterocycles. The topological polar surface area (TPSA) is 21.3 Å². The van der Waals surface area contributed by atoms with Crippen molar-refractivity contribution in [2.45, 2.75) is 39.8 Å². The molecular formula is C12H21NOS. The fourth-order valence-corrected chi connectivity index (χ4v) is 2.50. The summed E-state index contributed by atoms with van der Waals surface area (Å²) in [7, 11) is 0. The van der Waals surface area contributed by atoms with Crippen molar-refractivity contribution in [2.24, 2.45) is 0 Å². The summed E-state index contributed by atoms with van der Waals surface area (Å²) in [5, 5.41) is 5.70. The van der Waals surface area contributed by atoms with E-state index in [1.54, 1.807) is 11.3 Å². The van der Waals surface area contributed by atoms with Gasteiger partial charge in [-0.1, -0.05) is 6.92 Å². The zero-order chi connectivity index (χ0) is 11.3. The highest BCUT2D eigenvalue weighted by Crippen LogP contribution is 2.24. The highest BCUT2D eigenvalue weighted by atomic mass is 32.1. The molecule has 3 heteroatoms. The molecule has 2 unspecified atom stereocenters. The van der Waals surface area contributed by atoms with Gasteiger partial charge in [-0.3, -0.25) is 0 Å². The van der Waals surface area contributed by atoms with E-state index in [2.05, 4.69) is 37.5 Å². The lowest BCUT2D eigenvalue weighted by Crippen LogP contribution is -2.31. The van der Waals surface area contributed by atoms with Gasteiger partial charge in [-0.25, -0.2) is 0 Å². The number of likely N-dealkylation sites (N-methyl/N-ethyl adjacent to an activating group) is 1. The van der Waals surface area contributed by atoms with Crippen molar-refractivity contribution < 1.29 is 4.74 Å². The molecule has 2 nitrogen and oxygen atoms in total. The molecule has 2 atom stereocenters.